The Morgan fingerprint density at radius 3 is 2.25 bits per heavy atom. The van der Waals surface area contributed by atoms with Crippen LogP contribution in [0.3, 0.4) is 0 Å². The van der Waals surface area contributed by atoms with Gasteiger partial charge in [0.25, 0.3) is 0 Å². The largest absolute Gasteiger partial charge is 0.0749 e. The van der Waals surface area contributed by atoms with Crippen molar-refractivity contribution in [3.63, 3.8) is 0 Å². The van der Waals surface area contributed by atoms with Gasteiger partial charge in [-0.2, -0.15) is 0 Å². The fourth-order valence-electron chi connectivity index (χ4n) is 3.92. The van der Waals surface area contributed by atoms with Crippen LogP contribution >= 0.6 is 0 Å². The monoisotopic (exact) mass is 218 g/mol. The lowest BCUT2D eigenvalue weighted by Crippen LogP contribution is -2.23. The normalized spacial score (nSPS) is 41.2. The van der Waals surface area contributed by atoms with Crippen LogP contribution in [0.1, 0.15) is 71.6 Å². The highest BCUT2D eigenvalue weighted by atomic mass is 14.4. The topological polar surface area (TPSA) is 0 Å². The van der Waals surface area contributed by atoms with Crippen LogP contribution < -0.4 is 0 Å². The van der Waals surface area contributed by atoms with Crippen LogP contribution in [-0.2, 0) is 0 Å². The average Bonchev–Trinajstić information content (AvgIpc) is 2.51. The van der Waals surface area contributed by atoms with E-state index in [-0.39, 0.29) is 5.31 Å². The Labute approximate surface area is 103 Å². The minimum atomic E-state index is 0.143. The van der Waals surface area contributed by atoms with Gasteiger partial charge in [0.15, 0.2) is 0 Å². The van der Waals surface area contributed by atoms with Gasteiger partial charge in [0.2, 0.25) is 0 Å². The molecule has 0 bridgehead atoms. The molecule has 16 heavy (non-hydrogen) atoms. The summed E-state index contributed by atoms with van der Waals surface area (Å²) < 4.78 is 0. The average molecular weight is 218 g/mol. The van der Waals surface area contributed by atoms with Crippen molar-refractivity contribution >= 4 is 7.85 Å². The van der Waals surface area contributed by atoms with Crippen LogP contribution in [0.5, 0.6) is 0 Å². The van der Waals surface area contributed by atoms with Crippen LogP contribution in [0.2, 0.25) is 5.31 Å². The third kappa shape index (κ3) is 2.66. The SMILES string of the molecule is [B]C1(C(C)C)CCCC2CCCCCC2C1. The Balaban J connectivity index is 2.08. The predicted molar refractivity (Wildman–Crippen MR) is 71.8 cm³/mol. The van der Waals surface area contributed by atoms with E-state index in [4.69, 9.17) is 7.85 Å². The van der Waals surface area contributed by atoms with Gasteiger partial charge in [-0.1, -0.05) is 76.9 Å². The minimum absolute atomic E-state index is 0.143. The first-order chi connectivity index (χ1) is 7.62. The van der Waals surface area contributed by atoms with Crippen molar-refractivity contribution in [2.75, 3.05) is 0 Å². The van der Waals surface area contributed by atoms with Crippen LogP contribution in [0.25, 0.3) is 0 Å². The summed E-state index contributed by atoms with van der Waals surface area (Å²) in [5, 5.41) is 0.143. The van der Waals surface area contributed by atoms with E-state index in [9.17, 15) is 0 Å². The van der Waals surface area contributed by atoms with Crippen molar-refractivity contribution in [3.05, 3.63) is 0 Å². The van der Waals surface area contributed by atoms with E-state index in [0.29, 0.717) is 5.92 Å². The molecule has 0 saturated heterocycles. The molecule has 0 aromatic carbocycles. The standard InChI is InChI=1S/C15H27B/c1-12(2)15(16)10-6-9-13-7-4-3-5-8-14(13)11-15/h12-14H,3-11H2,1-2H3. The molecule has 0 aromatic heterocycles. The molecular weight excluding hydrogens is 191 g/mol. The third-order valence-corrected chi connectivity index (χ3v) is 5.33. The second-order valence-corrected chi connectivity index (χ2v) is 6.64. The van der Waals surface area contributed by atoms with Crippen LogP contribution in [0.4, 0.5) is 0 Å². The molecule has 1 heteroatoms. The summed E-state index contributed by atoms with van der Waals surface area (Å²) >= 11 is 0. The molecule has 0 amide bonds. The molecule has 3 atom stereocenters. The molecule has 3 unspecified atom stereocenters. The van der Waals surface area contributed by atoms with Crippen molar-refractivity contribution in [1.29, 1.82) is 0 Å². The molecule has 2 aliphatic rings. The van der Waals surface area contributed by atoms with E-state index in [2.05, 4.69) is 13.8 Å². The minimum Gasteiger partial charge on any atom is -0.0635 e. The molecule has 2 saturated carbocycles. The summed E-state index contributed by atoms with van der Waals surface area (Å²) in [6, 6.07) is 0. The second-order valence-electron chi connectivity index (χ2n) is 6.64. The van der Waals surface area contributed by atoms with E-state index < -0.39 is 0 Å². The molecule has 2 aliphatic carbocycles. The first kappa shape index (κ1) is 12.5. The maximum atomic E-state index is 6.66. The Kier molecular flexibility index (Phi) is 4.03. The van der Waals surface area contributed by atoms with Gasteiger partial charge < -0.3 is 0 Å². The van der Waals surface area contributed by atoms with E-state index in [1.165, 1.54) is 57.8 Å². The predicted octanol–water partition coefficient (Wildman–Crippen LogP) is 4.74. The quantitative estimate of drug-likeness (QED) is 0.557. The number of hydrogen-bond donors (Lipinski definition) is 0. The highest BCUT2D eigenvalue weighted by Gasteiger charge is 2.36. The van der Waals surface area contributed by atoms with Gasteiger partial charge in [-0.25, -0.2) is 0 Å². The zero-order valence-corrected chi connectivity index (χ0v) is 11.2. The molecule has 0 aliphatic heterocycles. The highest BCUT2D eigenvalue weighted by Crippen LogP contribution is 2.51. The van der Waals surface area contributed by atoms with E-state index in [0.717, 1.165) is 11.8 Å². The number of rotatable bonds is 1. The Morgan fingerprint density at radius 2 is 1.56 bits per heavy atom. The number of hydrogen-bond acceptors (Lipinski definition) is 0. The van der Waals surface area contributed by atoms with Crippen molar-refractivity contribution in [2.45, 2.75) is 76.9 Å². The van der Waals surface area contributed by atoms with Crippen LogP contribution in [-0.4, -0.2) is 7.85 Å². The van der Waals surface area contributed by atoms with Crippen LogP contribution in [0, 0.1) is 17.8 Å². The molecule has 0 spiro atoms. The van der Waals surface area contributed by atoms with E-state index >= 15 is 0 Å². The molecular formula is C15H27B. The molecule has 2 radical (unpaired) electrons. The first-order valence-corrected chi connectivity index (χ1v) is 7.41. The van der Waals surface area contributed by atoms with Crippen molar-refractivity contribution in [2.24, 2.45) is 17.8 Å². The summed E-state index contributed by atoms with van der Waals surface area (Å²) in [4.78, 5) is 0. The summed E-state index contributed by atoms with van der Waals surface area (Å²) in [5.74, 6) is 2.60. The van der Waals surface area contributed by atoms with Gasteiger partial charge in [-0.05, 0) is 17.8 Å². The van der Waals surface area contributed by atoms with Crippen LogP contribution in [0.15, 0.2) is 0 Å². The van der Waals surface area contributed by atoms with Crippen molar-refractivity contribution in [1.82, 2.24) is 0 Å². The lowest BCUT2D eigenvalue weighted by Gasteiger charge is -2.36. The second kappa shape index (κ2) is 5.15. The van der Waals surface area contributed by atoms with Crippen molar-refractivity contribution < 1.29 is 0 Å². The van der Waals surface area contributed by atoms with Gasteiger partial charge in [-0.3, -0.25) is 0 Å². The lowest BCUT2D eigenvalue weighted by atomic mass is 9.56. The molecule has 90 valence electrons. The summed E-state index contributed by atoms with van der Waals surface area (Å²) in [6.45, 7) is 4.63. The summed E-state index contributed by atoms with van der Waals surface area (Å²) in [7, 11) is 6.66. The van der Waals surface area contributed by atoms with E-state index in [1.54, 1.807) is 0 Å². The van der Waals surface area contributed by atoms with Gasteiger partial charge in [0.1, 0.15) is 0 Å². The molecule has 0 N–H and O–H groups in total. The fraction of sp³-hybridized carbons (Fsp3) is 1.00. The Hall–Kier alpha value is 0.0649. The van der Waals surface area contributed by atoms with Gasteiger partial charge in [-0.15, -0.1) is 0 Å². The van der Waals surface area contributed by atoms with Gasteiger partial charge >= 0.3 is 0 Å². The lowest BCUT2D eigenvalue weighted by molar-refractivity contribution is 0.254. The van der Waals surface area contributed by atoms with E-state index in [1.807, 2.05) is 0 Å². The Morgan fingerprint density at radius 1 is 0.938 bits per heavy atom. The Bertz CT molecular complexity index is 223. The fourth-order valence-corrected chi connectivity index (χ4v) is 3.92. The third-order valence-electron chi connectivity index (χ3n) is 5.33. The molecule has 0 nitrogen and oxygen atoms in total. The maximum Gasteiger partial charge on any atom is 0.0749 e. The van der Waals surface area contributed by atoms with Gasteiger partial charge in [0.05, 0.1) is 7.85 Å². The molecule has 2 fully saturated rings. The highest BCUT2D eigenvalue weighted by molar-refractivity contribution is 6.15. The van der Waals surface area contributed by atoms with Crippen molar-refractivity contribution in [3.8, 4) is 0 Å². The summed E-state index contributed by atoms with van der Waals surface area (Å²) in [5.41, 5.74) is 0. The molecule has 0 aromatic rings. The molecule has 2 rings (SSSR count). The zero-order chi connectivity index (χ0) is 11.6. The summed E-state index contributed by atoms with van der Waals surface area (Å²) in [6.07, 6.45) is 12.7. The van der Waals surface area contributed by atoms with Gasteiger partial charge in [0, 0.05) is 0 Å². The smallest absolute Gasteiger partial charge is 0.0635 e. The zero-order valence-electron chi connectivity index (χ0n) is 11.2. The maximum absolute atomic E-state index is 6.66. The first-order valence-electron chi connectivity index (χ1n) is 7.41. The molecule has 0 heterocycles. The number of fused-ring (bicyclic) bond motifs is 1.